The van der Waals surface area contributed by atoms with Gasteiger partial charge in [-0.2, -0.15) is 0 Å². The molecular formula is C12H16N2O3. The molecule has 2 atom stereocenters. The molecule has 0 saturated heterocycles. The molecule has 1 rings (SSSR count). The second-order valence-electron chi connectivity index (χ2n) is 3.68. The van der Waals surface area contributed by atoms with E-state index < -0.39 is 18.1 Å². The highest BCUT2D eigenvalue weighted by atomic mass is 16.5. The Morgan fingerprint density at radius 3 is 2.41 bits per heavy atom. The molecule has 0 fully saturated rings. The van der Waals surface area contributed by atoms with Crippen LogP contribution >= 0.6 is 0 Å². The summed E-state index contributed by atoms with van der Waals surface area (Å²) < 4.78 is 4.51. The van der Waals surface area contributed by atoms with Crippen LogP contribution in [0.3, 0.4) is 0 Å². The molecule has 0 aliphatic rings. The van der Waals surface area contributed by atoms with E-state index in [2.05, 4.69) is 10.1 Å². The maximum atomic E-state index is 11.8. The maximum Gasteiger partial charge on any atom is 0.324 e. The number of ether oxygens (including phenoxy) is 1. The SMILES string of the molecule is COC(=O)C(N)C(C)NC(=O)c1ccccc1. The van der Waals surface area contributed by atoms with E-state index in [1.54, 1.807) is 31.2 Å². The minimum absolute atomic E-state index is 0.266. The van der Waals surface area contributed by atoms with Gasteiger partial charge in [-0.3, -0.25) is 9.59 Å². The zero-order valence-electron chi connectivity index (χ0n) is 9.84. The molecule has 1 aromatic rings. The van der Waals surface area contributed by atoms with Crippen molar-refractivity contribution in [3.63, 3.8) is 0 Å². The molecular weight excluding hydrogens is 220 g/mol. The smallest absolute Gasteiger partial charge is 0.324 e. The number of nitrogens with two attached hydrogens (primary N) is 1. The minimum atomic E-state index is -0.868. The summed E-state index contributed by atoms with van der Waals surface area (Å²) in [5.41, 5.74) is 6.13. The van der Waals surface area contributed by atoms with Gasteiger partial charge in [0.2, 0.25) is 0 Å². The summed E-state index contributed by atoms with van der Waals surface area (Å²) in [6, 6.07) is 7.36. The monoisotopic (exact) mass is 236 g/mol. The van der Waals surface area contributed by atoms with Gasteiger partial charge in [0, 0.05) is 5.56 Å². The molecule has 0 spiro atoms. The second kappa shape index (κ2) is 6.00. The largest absolute Gasteiger partial charge is 0.468 e. The van der Waals surface area contributed by atoms with Crippen molar-refractivity contribution >= 4 is 11.9 Å². The standard InChI is InChI=1S/C12H16N2O3/c1-8(10(13)12(16)17-2)14-11(15)9-6-4-3-5-7-9/h3-8,10H,13H2,1-2H3,(H,14,15). The highest BCUT2D eigenvalue weighted by molar-refractivity contribution is 5.94. The number of rotatable bonds is 4. The molecule has 0 aromatic heterocycles. The minimum Gasteiger partial charge on any atom is -0.468 e. The Balaban J connectivity index is 2.60. The van der Waals surface area contributed by atoms with Gasteiger partial charge in [-0.05, 0) is 19.1 Å². The Kier molecular flexibility index (Phi) is 4.66. The molecule has 0 heterocycles. The number of nitrogens with one attached hydrogen (secondary N) is 1. The van der Waals surface area contributed by atoms with Crippen molar-refractivity contribution in [1.82, 2.24) is 5.32 Å². The third kappa shape index (κ3) is 3.57. The fourth-order valence-electron chi connectivity index (χ4n) is 1.31. The zero-order valence-corrected chi connectivity index (χ0v) is 9.84. The van der Waals surface area contributed by atoms with Gasteiger partial charge in [-0.25, -0.2) is 0 Å². The van der Waals surface area contributed by atoms with Crippen molar-refractivity contribution in [3.8, 4) is 0 Å². The predicted octanol–water partition coefficient (Wildman–Crippen LogP) is 0.305. The summed E-state index contributed by atoms with van der Waals surface area (Å²) in [7, 11) is 1.26. The number of esters is 1. The topological polar surface area (TPSA) is 81.4 Å². The number of methoxy groups -OCH3 is 1. The average molecular weight is 236 g/mol. The second-order valence-corrected chi connectivity index (χ2v) is 3.68. The molecule has 0 radical (unpaired) electrons. The van der Waals surface area contributed by atoms with E-state index in [0.717, 1.165) is 0 Å². The highest BCUT2D eigenvalue weighted by Crippen LogP contribution is 2.00. The van der Waals surface area contributed by atoms with E-state index in [9.17, 15) is 9.59 Å². The van der Waals surface area contributed by atoms with Crippen molar-refractivity contribution in [2.45, 2.75) is 19.0 Å². The van der Waals surface area contributed by atoms with Gasteiger partial charge < -0.3 is 15.8 Å². The Labute approximate surface area is 99.9 Å². The third-order valence-electron chi connectivity index (χ3n) is 2.41. The van der Waals surface area contributed by atoms with E-state index >= 15 is 0 Å². The molecule has 3 N–H and O–H groups in total. The predicted molar refractivity (Wildman–Crippen MR) is 63.4 cm³/mol. The Bertz CT molecular complexity index is 392. The van der Waals surface area contributed by atoms with Crippen molar-refractivity contribution in [3.05, 3.63) is 35.9 Å². The van der Waals surface area contributed by atoms with E-state index in [-0.39, 0.29) is 5.91 Å². The van der Waals surface area contributed by atoms with Gasteiger partial charge in [0.15, 0.2) is 0 Å². The van der Waals surface area contributed by atoms with Crippen LogP contribution in [0.4, 0.5) is 0 Å². The fourth-order valence-corrected chi connectivity index (χ4v) is 1.31. The Hall–Kier alpha value is -1.88. The molecule has 1 amide bonds. The van der Waals surface area contributed by atoms with Crippen LogP contribution in [0.2, 0.25) is 0 Å². The van der Waals surface area contributed by atoms with Gasteiger partial charge in [0.05, 0.1) is 13.2 Å². The lowest BCUT2D eigenvalue weighted by Crippen LogP contribution is -2.50. The first-order valence-corrected chi connectivity index (χ1v) is 5.25. The van der Waals surface area contributed by atoms with Gasteiger partial charge in [-0.15, -0.1) is 0 Å². The molecule has 2 unspecified atom stereocenters. The normalized spacial score (nSPS) is 13.6. The van der Waals surface area contributed by atoms with Crippen molar-refractivity contribution in [1.29, 1.82) is 0 Å². The van der Waals surface area contributed by atoms with Gasteiger partial charge in [0.25, 0.3) is 5.91 Å². The first-order chi connectivity index (χ1) is 8.06. The van der Waals surface area contributed by atoms with Crippen molar-refractivity contribution < 1.29 is 14.3 Å². The number of hydrogen-bond donors (Lipinski definition) is 2. The van der Waals surface area contributed by atoms with Crippen LogP contribution in [0.5, 0.6) is 0 Å². The summed E-state index contributed by atoms with van der Waals surface area (Å²) in [6.45, 7) is 1.66. The number of carbonyl (C=O) groups is 2. The van der Waals surface area contributed by atoms with E-state index in [1.807, 2.05) is 6.07 Å². The molecule has 17 heavy (non-hydrogen) atoms. The van der Waals surface area contributed by atoms with Crippen LogP contribution in [-0.4, -0.2) is 31.1 Å². The first kappa shape index (κ1) is 13.2. The molecule has 0 saturated carbocycles. The lowest BCUT2D eigenvalue weighted by atomic mass is 10.1. The lowest BCUT2D eigenvalue weighted by Gasteiger charge is -2.19. The maximum absolute atomic E-state index is 11.8. The van der Waals surface area contributed by atoms with Crippen LogP contribution in [-0.2, 0) is 9.53 Å². The van der Waals surface area contributed by atoms with Gasteiger partial charge in [-0.1, -0.05) is 18.2 Å². The molecule has 5 nitrogen and oxygen atoms in total. The molecule has 0 aliphatic heterocycles. The van der Waals surface area contributed by atoms with Crippen LogP contribution in [0.25, 0.3) is 0 Å². The van der Waals surface area contributed by atoms with Gasteiger partial charge >= 0.3 is 5.97 Å². The van der Waals surface area contributed by atoms with E-state index in [1.165, 1.54) is 7.11 Å². The van der Waals surface area contributed by atoms with E-state index in [0.29, 0.717) is 5.56 Å². The molecule has 92 valence electrons. The Morgan fingerprint density at radius 2 is 1.88 bits per heavy atom. The van der Waals surface area contributed by atoms with Crippen molar-refractivity contribution in [2.75, 3.05) is 7.11 Å². The number of hydrogen-bond acceptors (Lipinski definition) is 4. The third-order valence-corrected chi connectivity index (χ3v) is 2.41. The fraction of sp³-hybridized carbons (Fsp3) is 0.333. The Morgan fingerprint density at radius 1 is 1.29 bits per heavy atom. The van der Waals surface area contributed by atoms with E-state index in [4.69, 9.17) is 5.73 Å². The molecule has 0 bridgehead atoms. The summed E-state index contributed by atoms with van der Waals surface area (Å²) in [6.07, 6.45) is 0. The number of carbonyl (C=O) groups excluding carboxylic acids is 2. The van der Waals surface area contributed by atoms with Crippen LogP contribution in [0.1, 0.15) is 17.3 Å². The summed E-state index contributed by atoms with van der Waals surface area (Å²) >= 11 is 0. The van der Waals surface area contributed by atoms with Crippen LogP contribution in [0, 0.1) is 0 Å². The van der Waals surface area contributed by atoms with Crippen LogP contribution in [0.15, 0.2) is 30.3 Å². The summed E-state index contributed by atoms with van der Waals surface area (Å²) in [5, 5.41) is 2.65. The van der Waals surface area contributed by atoms with Crippen LogP contribution < -0.4 is 11.1 Å². The zero-order chi connectivity index (χ0) is 12.8. The molecule has 1 aromatic carbocycles. The first-order valence-electron chi connectivity index (χ1n) is 5.25. The number of benzene rings is 1. The molecule has 0 aliphatic carbocycles. The quantitative estimate of drug-likeness (QED) is 0.737. The highest BCUT2D eigenvalue weighted by Gasteiger charge is 2.23. The van der Waals surface area contributed by atoms with Gasteiger partial charge in [0.1, 0.15) is 6.04 Å². The average Bonchev–Trinajstić information content (AvgIpc) is 2.37. The number of amides is 1. The molecule has 5 heteroatoms. The van der Waals surface area contributed by atoms with Crippen molar-refractivity contribution in [2.24, 2.45) is 5.73 Å². The summed E-state index contributed by atoms with van der Waals surface area (Å²) in [5.74, 6) is -0.816. The lowest BCUT2D eigenvalue weighted by molar-refractivity contribution is -0.142. The summed E-state index contributed by atoms with van der Waals surface area (Å²) in [4.78, 5) is 22.9.